The Kier molecular flexibility index (Phi) is 10.4. The Morgan fingerprint density at radius 1 is 0.912 bits per heavy atom. The quantitative estimate of drug-likeness (QED) is 0.186. The number of nitrogens with zero attached hydrogens (tertiary/aromatic N) is 1. The molecular weight excluding hydrogens is 497 g/mol. The number of ether oxygens (including phenoxy) is 2. The van der Waals surface area contributed by atoms with E-state index in [0.29, 0.717) is 31.9 Å². The largest absolute Gasteiger partial charge is 0.494 e. The molecule has 0 aromatic heterocycles. The number of carbonyl (C=O) groups excluding carboxylic acids is 1. The first-order chi connectivity index (χ1) is 16.6. The van der Waals surface area contributed by atoms with Crippen molar-refractivity contribution >= 4 is 27.5 Å². The Bertz CT molecular complexity index is 1020. The van der Waals surface area contributed by atoms with Crippen molar-refractivity contribution in [3.63, 3.8) is 0 Å². The van der Waals surface area contributed by atoms with Crippen molar-refractivity contribution in [2.45, 2.75) is 32.6 Å². The standard InChI is InChI=1S/C28H31BrFNO3/c1-2-3-18-33-27-6-4-5-22(20-27)15-17-31(25-11-9-24(30)10-12-25)28(32)21-23-7-13-26(14-8-23)34-19-16-29/h4-14,20H,2-3,15-19,21H2,1H3. The van der Waals surface area contributed by atoms with E-state index in [-0.39, 0.29) is 18.1 Å². The number of unbranched alkanes of at least 4 members (excludes halogenated alkanes) is 1. The first kappa shape index (κ1) is 25.8. The molecule has 0 bridgehead atoms. The van der Waals surface area contributed by atoms with E-state index in [0.717, 1.165) is 40.8 Å². The Morgan fingerprint density at radius 2 is 1.65 bits per heavy atom. The minimum atomic E-state index is -0.327. The van der Waals surface area contributed by atoms with E-state index in [1.165, 1.54) is 12.1 Å². The van der Waals surface area contributed by atoms with Crippen molar-refractivity contribution in [1.82, 2.24) is 0 Å². The molecule has 0 fully saturated rings. The van der Waals surface area contributed by atoms with Gasteiger partial charge in [-0.05, 0) is 72.5 Å². The number of alkyl halides is 1. The molecule has 0 radical (unpaired) electrons. The Hall–Kier alpha value is -2.86. The van der Waals surface area contributed by atoms with Gasteiger partial charge < -0.3 is 14.4 Å². The lowest BCUT2D eigenvalue weighted by atomic mass is 10.1. The zero-order valence-electron chi connectivity index (χ0n) is 19.5. The highest BCUT2D eigenvalue weighted by atomic mass is 79.9. The highest BCUT2D eigenvalue weighted by Crippen LogP contribution is 2.20. The zero-order valence-corrected chi connectivity index (χ0v) is 21.1. The van der Waals surface area contributed by atoms with Gasteiger partial charge in [0.15, 0.2) is 0 Å². The van der Waals surface area contributed by atoms with Crippen molar-refractivity contribution in [2.24, 2.45) is 0 Å². The van der Waals surface area contributed by atoms with E-state index in [9.17, 15) is 9.18 Å². The number of hydrogen-bond acceptors (Lipinski definition) is 3. The molecule has 34 heavy (non-hydrogen) atoms. The molecular formula is C28H31BrFNO3. The second-order valence-corrected chi connectivity index (χ2v) is 8.77. The van der Waals surface area contributed by atoms with E-state index < -0.39 is 0 Å². The highest BCUT2D eigenvalue weighted by Gasteiger charge is 2.17. The van der Waals surface area contributed by atoms with Crippen LogP contribution in [0, 0.1) is 5.82 Å². The van der Waals surface area contributed by atoms with Crippen LogP contribution in [-0.4, -0.2) is 31.0 Å². The summed E-state index contributed by atoms with van der Waals surface area (Å²) >= 11 is 3.34. The van der Waals surface area contributed by atoms with Crippen LogP contribution < -0.4 is 14.4 Å². The number of halogens is 2. The summed E-state index contributed by atoms with van der Waals surface area (Å²) in [5, 5.41) is 0.758. The monoisotopic (exact) mass is 527 g/mol. The van der Waals surface area contributed by atoms with Gasteiger partial charge >= 0.3 is 0 Å². The molecule has 1 amide bonds. The topological polar surface area (TPSA) is 38.8 Å². The van der Waals surface area contributed by atoms with Crippen LogP contribution in [0.5, 0.6) is 11.5 Å². The molecule has 180 valence electrons. The molecule has 4 nitrogen and oxygen atoms in total. The Balaban J connectivity index is 1.69. The molecule has 3 aromatic rings. The summed E-state index contributed by atoms with van der Waals surface area (Å²) in [5.41, 5.74) is 2.66. The van der Waals surface area contributed by atoms with E-state index in [1.807, 2.05) is 48.5 Å². The number of carbonyl (C=O) groups is 1. The van der Waals surface area contributed by atoms with E-state index in [1.54, 1.807) is 17.0 Å². The molecule has 0 aliphatic heterocycles. The lowest BCUT2D eigenvalue weighted by Crippen LogP contribution is -2.34. The number of rotatable bonds is 13. The molecule has 0 N–H and O–H groups in total. The average Bonchev–Trinajstić information content (AvgIpc) is 2.85. The first-order valence-corrected chi connectivity index (χ1v) is 12.8. The maximum atomic E-state index is 13.5. The normalized spacial score (nSPS) is 10.7. The van der Waals surface area contributed by atoms with Gasteiger partial charge in [0.2, 0.25) is 5.91 Å². The van der Waals surface area contributed by atoms with Gasteiger partial charge in [-0.3, -0.25) is 4.79 Å². The fourth-order valence-electron chi connectivity index (χ4n) is 3.51. The molecule has 0 aliphatic carbocycles. The number of benzene rings is 3. The molecule has 3 rings (SSSR count). The molecule has 0 aliphatic rings. The predicted octanol–water partition coefficient (Wildman–Crippen LogP) is 6.60. The molecule has 0 heterocycles. The van der Waals surface area contributed by atoms with Gasteiger partial charge in [0.25, 0.3) is 0 Å². The summed E-state index contributed by atoms with van der Waals surface area (Å²) in [5.74, 6) is 1.24. The summed E-state index contributed by atoms with van der Waals surface area (Å²) in [6, 6.07) is 21.6. The maximum absolute atomic E-state index is 13.5. The van der Waals surface area contributed by atoms with Gasteiger partial charge in [0, 0.05) is 17.6 Å². The second-order valence-electron chi connectivity index (χ2n) is 7.98. The van der Waals surface area contributed by atoms with Gasteiger partial charge in [-0.25, -0.2) is 4.39 Å². The molecule has 0 saturated heterocycles. The van der Waals surface area contributed by atoms with Crippen LogP contribution in [0.15, 0.2) is 72.8 Å². The third-order valence-electron chi connectivity index (χ3n) is 5.35. The fourth-order valence-corrected chi connectivity index (χ4v) is 3.68. The van der Waals surface area contributed by atoms with Gasteiger partial charge in [-0.1, -0.05) is 53.5 Å². The summed E-state index contributed by atoms with van der Waals surface area (Å²) in [6.45, 7) is 3.89. The van der Waals surface area contributed by atoms with Crippen molar-refractivity contribution < 1.29 is 18.7 Å². The summed E-state index contributed by atoms with van der Waals surface area (Å²) in [6.07, 6.45) is 3.01. The van der Waals surface area contributed by atoms with Gasteiger partial charge in [0.05, 0.1) is 19.6 Å². The average molecular weight is 528 g/mol. The third kappa shape index (κ3) is 8.17. The molecule has 0 atom stereocenters. The van der Waals surface area contributed by atoms with Crippen LogP contribution in [-0.2, 0) is 17.6 Å². The van der Waals surface area contributed by atoms with Crippen LogP contribution in [0.3, 0.4) is 0 Å². The summed E-state index contributed by atoms with van der Waals surface area (Å²) in [7, 11) is 0. The molecule has 6 heteroatoms. The lowest BCUT2D eigenvalue weighted by Gasteiger charge is -2.23. The fraction of sp³-hybridized carbons (Fsp3) is 0.321. The Labute approximate surface area is 209 Å². The minimum absolute atomic E-state index is 0.0453. The van der Waals surface area contributed by atoms with Gasteiger partial charge in [0.1, 0.15) is 17.3 Å². The van der Waals surface area contributed by atoms with Crippen molar-refractivity contribution in [2.75, 3.05) is 30.0 Å². The van der Waals surface area contributed by atoms with Crippen LogP contribution >= 0.6 is 15.9 Å². The third-order valence-corrected chi connectivity index (χ3v) is 5.68. The van der Waals surface area contributed by atoms with Crippen molar-refractivity contribution in [1.29, 1.82) is 0 Å². The van der Waals surface area contributed by atoms with Crippen molar-refractivity contribution in [3.8, 4) is 11.5 Å². The van der Waals surface area contributed by atoms with Gasteiger partial charge in [-0.2, -0.15) is 0 Å². The minimum Gasteiger partial charge on any atom is -0.494 e. The lowest BCUT2D eigenvalue weighted by molar-refractivity contribution is -0.118. The van der Waals surface area contributed by atoms with E-state index in [4.69, 9.17) is 9.47 Å². The number of anilines is 1. The second kappa shape index (κ2) is 13.8. The smallest absolute Gasteiger partial charge is 0.231 e. The van der Waals surface area contributed by atoms with Crippen LogP contribution in [0.1, 0.15) is 30.9 Å². The maximum Gasteiger partial charge on any atom is 0.231 e. The van der Waals surface area contributed by atoms with Crippen molar-refractivity contribution in [3.05, 3.63) is 89.7 Å². The Morgan fingerprint density at radius 3 is 2.35 bits per heavy atom. The summed E-state index contributed by atoms with van der Waals surface area (Å²) < 4.78 is 24.9. The van der Waals surface area contributed by atoms with Crippen LogP contribution in [0.2, 0.25) is 0 Å². The SMILES string of the molecule is CCCCOc1cccc(CCN(C(=O)Cc2ccc(OCCBr)cc2)c2ccc(F)cc2)c1. The van der Waals surface area contributed by atoms with Gasteiger partial charge in [-0.15, -0.1) is 0 Å². The summed E-state index contributed by atoms with van der Waals surface area (Å²) in [4.78, 5) is 15.0. The van der Waals surface area contributed by atoms with Crippen LogP contribution in [0.4, 0.5) is 10.1 Å². The number of amides is 1. The molecule has 0 unspecified atom stereocenters. The first-order valence-electron chi connectivity index (χ1n) is 11.6. The van der Waals surface area contributed by atoms with E-state index >= 15 is 0 Å². The highest BCUT2D eigenvalue weighted by molar-refractivity contribution is 9.09. The predicted molar refractivity (Wildman–Crippen MR) is 139 cm³/mol. The molecule has 0 spiro atoms. The number of hydrogen-bond donors (Lipinski definition) is 0. The molecule has 0 saturated carbocycles. The van der Waals surface area contributed by atoms with Crippen LogP contribution in [0.25, 0.3) is 0 Å². The zero-order chi connectivity index (χ0) is 24.2. The van der Waals surface area contributed by atoms with E-state index in [2.05, 4.69) is 22.9 Å². The molecule has 3 aromatic carbocycles.